The van der Waals surface area contributed by atoms with Gasteiger partial charge in [-0.15, -0.1) is 0 Å². The summed E-state index contributed by atoms with van der Waals surface area (Å²) in [5, 5.41) is 6.00. The third kappa shape index (κ3) is 13.9. The van der Waals surface area contributed by atoms with Crippen molar-refractivity contribution in [3.05, 3.63) is 238 Å². The van der Waals surface area contributed by atoms with Crippen LogP contribution in [0.3, 0.4) is 0 Å². The lowest BCUT2D eigenvalue weighted by molar-refractivity contribution is -0.156. The molecule has 0 spiro atoms. The van der Waals surface area contributed by atoms with Crippen molar-refractivity contribution >= 4 is 47.3 Å². The molecule has 1 fully saturated rings. The molecule has 9 rings (SSSR count). The molecule has 1 saturated heterocycles. The van der Waals surface area contributed by atoms with Crippen LogP contribution in [0.1, 0.15) is 96.9 Å². The smallest absolute Gasteiger partial charge is 0.407 e. The minimum atomic E-state index is -1.67. The molecule has 1 unspecified atom stereocenters. The molecule has 2 N–H and O–H groups in total. The number of hydrogen-bond acceptors (Lipinski definition) is 8. The second kappa shape index (κ2) is 27.7. The van der Waals surface area contributed by atoms with Gasteiger partial charge in [-0.1, -0.05) is 207 Å². The van der Waals surface area contributed by atoms with Crippen LogP contribution in [0.15, 0.2) is 188 Å². The first kappa shape index (κ1) is 60.1. The Labute approximate surface area is 498 Å². The van der Waals surface area contributed by atoms with Crippen LogP contribution < -0.4 is 10.6 Å². The average Bonchev–Trinajstić information content (AvgIpc) is 2.85. The second-order valence-corrected chi connectivity index (χ2v) is 22.9. The molecule has 0 radical (unpaired) electrons. The number of ether oxygens (including phenoxy) is 2. The van der Waals surface area contributed by atoms with Gasteiger partial charge in [0.1, 0.15) is 30.8 Å². The van der Waals surface area contributed by atoms with Crippen LogP contribution in [0.25, 0.3) is 11.1 Å². The zero-order chi connectivity index (χ0) is 59.3. The van der Waals surface area contributed by atoms with Gasteiger partial charge < -0.3 is 34.8 Å². The summed E-state index contributed by atoms with van der Waals surface area (Å²) in [7, 11) is 2.96. The summed E-state index contributed by atoms with van der Waals surface area (Å²) in [5.41, 5.74) is 6.49. The zero-order valence-electron chi connectivity index (χ0n) is 48.4. The molecule has 84 heavy (non-hydrogen) atoms. The number of likely N-dealkylation sites (N-methyl/N-ethyl adjacent to an activating group) is 2. The number of carbonyl (C=O) groups is 6. The number of esters is 1. The molecule has 1 heterocycles. The second-order valence-electron chi connectivity index (χ2n) is 22.4. The molecule has 434 valence electrons. The fourth-order valence-electron chi connectivity index (χ4n) is 11.8. The number of fused-ring (bicyclic) bond motifs is 3. The van der Waals surface area contributed by atoms with Gasteiger partial charge >= 0.3 is 12.1 Å². The standard InChI is InChI=1S/C70H74ClN5O8/c1-47(2)42-51-36-38-53(39-37-51)70(52-28-14-8-15-29-52,59-34-20-21-35-60(59)71)84-64(77)45-61(73-69(82)83-46-58-56-32-18-16-30-54(56)55-31-17-19-33-57(55)58)67(80)75(5)63(44-50-26-12-7-13-27-50)68(81)74(4)62(43-49-24-10-6-11-25-49)65(78)72-48(3)66(79)76-40-22-9-23-41-76/h6-8,10-21,24-39,47-48,58,61-63H,9,22-23,40-46H2,1-5H3,(H,72,78)(H,73,82)/t48-,61-,62-,63-,70?/m0/s1. The first-order valence-electron chi connectivity index (χ1n) is 29.1. The number of halogens is 1. The van der Waals surface area contributed by atoms with Crippen molar-refractivity contribution in [2.45, 2.75) is 101 Å². The van der Waals surface area contributed by atoms with Gasteiger partial charge in [0, 0.05) is 67.7 Å². The van der Waals surface area contributed by atoms with Crippen LogP contribution in [0.5, 0.6) is 0 Å². The topological polar surface area (TPSA) is 155 Å². The lowest BCUT2D eigenvalue weighted by atomic mass is 9.79. The van der Waals surface area contributed by atoms with E-state index in [0.717, 1.165) is 59.1 Å². The van der Waals surface area contributed by atoms with Crippen molar-refractivity contribution < 1.29 is 38.2 Å². The maximum absolute atomic E-state index is 15.7. The summed E-state index contributed by atoms with van der Waals surface area (Å²) in [5.74, 6) is -3.00. The summed E-state index contributed by atoms with van der Waals surface area (Å²) < 4.78 is 12.9. The number of benzene rings is 7. The van der Waals surface area contributed by atoms with Crippen LogP contribution >= 0.6 is 11.6 Å². The molecule has 2 aliphatic rings. The van der Waals surface area contributed by atoms with Crippen molar-refractivity contribution in [3.63, 3.8) is 0 Å². The van der Waals surface area contributed by atoms with Gasteiger partial charge in [0.15, 0.2) is 5.60 Å². The quantitative estimate of drug-likeness (QED) is 0.0502. The van der Waals surface area contributed by atoms with E-state index >= 15 is 14.4 Å². The summed E-state index contributed by atoms with van der Waals surface area (Å²) in [6.07, 6.45) is 1.96. The maximum atomic E-state index is 15.7. The minimum absolute atomic E-state index is 0.0195. The summed E-state index contributed by atoms with van der Waals surface area (Å²) in [4.78, 5) is 93.8. The molecule has 0 aromatic heterocycles. The van der Waals surface area contributed by atoms with Gasteiger partial charge in [0.2, 0.25) is 23.6 Å². The normalized spacial score (nSPS) is 15.0. The number of alkyl carbamates (subject to hydrolysis) is 1. The predicted octanol–water partition coefficient (Wildman–Crippen LogP) is 11.3. The van der Waals surface area contributed by atoms with Crippen molar-refractivity contribution in [3.8, 4) is 11.1 Å². The van der Waals surface area contributed by atoms with Gasteiger partial charge in [-0.25, -0.2) is 4.79 Å². The Morgan fingerprint density at radius 2 is 1.07 bits per heavy atom. The van der Waals surface area contributed by atoms with Crippen LogP contribution in [0.2, 0.25) is 5.02 Å². The van der Waals surface area contributed by atoms with Crippen molar-refractivity contribution in [1.82, 2.24) is 25.3 Å². The Hall–Kier alpha value is -8.55. The number of hydrogen-bond donors (Lipinski definition) is 2. The Bertz CT molecular complexity index is 3370. The minimum Gasteiger partial charge on any atom is -0.449 e. The van der Waals surface area contributed by atoms with E-state index in [1.165, 1.54) is 23.9 Å². The zero-order valence-corrected chi connectivity index (χ0v) is 49.2. The fraction of sp³-hybridized carbons (Fsp3) is 0.314. The number of nitrogens with one attached hydrogen (secondary N) is 2. The van der Waals surface area contributed by atoms with E-state index in [-0.39, 0.29) is 31.3 Å². The van der Waals surface area contributed by atoms with Crippen molar-refractivity contribution in [1.29, 1.82) is 0 Å². The van der Waals surface area contributed by atoms with E-state index in [1.54, 1.807) is 30.0 Å². The van der Waals surface area contributed by atoms with E-state index in [2.05, 4.69) is 24.5 Å². The molecular weight excluding hydrogens is 1070 g/mol. The Balaban J connectivity index is 1.07. The molecule has 13 nitrogen and oxygen atoms in total. The lowest BCUT2D eigenvalue weighted by Crippen LogP contribution is -2.60. The number of nitrogens with zero attached hydrogens (tertiary/aromatic N) is 3. The highest BCUT2D eigenvalue weighted by Crippen LogP contribution is 2.46. The van der Waals surface area contributed by atoms with Gasteiger partial charge in [-0.05, 0) is 83.5 Å². The molecule has 1 aliphatic carbocycles. The van der Waals surface area contributed by atoms with Gasteiger partial charge in [0.25, 0.3) is 0 Å². The lowest BCUT2D eigenvalue weighted by Gasteiger charge is -2.37. The average molecular weight is 1150 g/mol. The predicted molar refractivity (Wildman–Crippen MR) is 327 cm³/mol. The monoisotopic (exact) mass is 1150 g/mol. The van der Waals surface area contributed by atoms with Crippen molar-refractivity contribution in [2.75, 3.05) is 33.8 Å². The molecule has 0 saturated carbocycles. The number of likely N-dealkylation sites (tertiary alicyclic amines) is 1. The molecule has 5 amide bonds. The van der Waals surface area contributed by atoms with Crippen molar-refractivity contribution in [2.24, 2.45) is 5.92 Å². The Morgan fingerprint density at radius 3 is 1.65 bits per heavy atom. The van der Waals surface area contributed by atoms with E-state index in [4.69, 9.17) is 21.1 Å². The summed E-state index contributed by atoms with van der Waals surface area (Å²) >= 11 is 7.12. The highest BCUT2D eigenvalue weighted by atomic mass is 35.5. The molecule has 1 aliphatic heterocycles. The Kier molecular flexibility index (Phi) is 19.8. The molecule has 7 aromatic carbocycles. The maximum Gasteiger partial charge on any atom is 0.407 e. The van der Waals surface area contributed by atoms with Gasteiger partial charge in [-0.3, -0.25) is 24.0 Å². The highest BCUT2D eigenvalue weighted by molar-refractivity contribution is 6.31. The van der Waals surface area contributed by atoms with Crippen LogP contribution in [-0.4, -0.2) is 108 Å². The third-order valence-corrected chi connectivity index (χ3v) is 16.5. The summed E-state index contributed by atoms with van der Waals surface area (Å²) in [6, 6.07) is 53.4. The van der Waals surface area contributed by atoms with Crippen LogP contribution in [0, 0.1) is 5.92 Å². The Morgan fingerprint density at radius 1 is 0.571 bits per heavy atom. The number of rotatable bonds is 22. The van der Waals surface area contributed by atoms with E-state index in [9.17, 15) is 14.4 Å². The molecule has 7 aromatic rings. The molecular formula is C70H74ClN5O8. The largest absolute Gasteiger partial charge is 0.449 e. The summed E-state index contributed by atoms with van der Waals surface area (Å²) in [6.45, 7) is 7.04. The number of piperidine rings is 1. The first-order chi connectivity index (χ1) is 40.6. The SMILES string of the molecule is CC(C)Cc1ccc(C(OC(=O)C[C@H](NC(=O)OCC2c3ccccc3-c3ccccc32)C(=O)N(C)[C@@H](Cc2ccccc2)C(=O)N(C)[C@@H](Cc2ccccc2)C(=O)N[C@@H](C)C(=O)N2CCCCC2)(c2ccccc2)c2ccccc2Cl)cc1. The van der Waals surface area contributed by atoms with Crippen LogP contribution in [-0.2, 0) is 58.3 Å². The first-order valence-corrected chi connectivity index (χ1v) is 29.4. The number of amides is 5. The third-order valence-electron chi connectivity index (χ3n) is 16.2. The number of carbonyl (C=O) groups excluding carboxylic acids is 6. The van der Waals surface area contributed by atoms with E-state index in [1.807, 2.05) is 170 Å². The van der Waals surface area contributed by atoms with Crippen LogP contribution in [0.4, 0.5) is 4.79 Å². The van der Waals surface area contributed by atoms with Gasteiger partial charge in [0.05, 0.1) is 6.42 Å². The van der Waals surface area contributed by atoms with E-state index < -0.39 is 66.0 Å². The molecule has 5 atom stereocenters. The van der Waals surface area contributed by atoms with E-state index in [0.29, 0.717) is 46.3 Å². The molecule has 0 bridgehead atoms. The van der Waals surface area contributed by atoms with Gasteiger partial charge in [-0.2, -0.15) is 0 Å². The molecule has 14 heteroatoms. The fourth-order valence-corrected chi connectivity index (χ4v) is 12.1. The highest BCUT2D eigenvalue weighted by Gasteiger charge is 2.45.